The third kappa shape index (κ3) is 6.84. The topological polar surface area (TPSA) is 111 Å². The normalized spacial score (nSPS) is 21.9. The molecule has 158 valence electrons. The van der Waals surface area contributed by atoms with Crippen LogP contribution < -0.4 is 15.2 Å². The van der Waals surface area contributed by atoms with E-state index in [2.05, 4.69) is 4.52 Å². The van der Waals surface area contributed by atoms with E-state index in [1.807, 2.05) is 55.5 Å². The fourth-order valence-electron chi connectivity index (χ4n) is 3.57. The van der Waals surface area contributed by atoms with Crippen LogP contribution in [0.5, 0.6) is 11.5 Å². The SMILES string of the molecule is Cc1ccc(OCCOc2ccc([C@@H]3CC[C@@](N)(COP(=O)(O)O)C3)cc2)cc1. The van der Waals surface area contributed by atoms with Crippen LogP contribution in [-0.4, -0.2) is 35.1 Å². The molecular formula is C21H28NO6P. The smallest absolute Gasteiger partial charge is 0.469 e. The Balaban J connectivity index is 1.44. The first kappa shape index (κ1) is 21.8. The average Bonchev–Trinajstić information content (AvgIpc) is 3.08. The number of nitrogens with two attached hydrogens (primary N) is 1. The molecule has 1 saturated carbocycles. The van der Waals surface area contributed by atoms with Gasteiger partial charge in [0.05, 0.1) is 6.61 Å². The first-order valence-corrected chi connectivity index (χ1v) is 11.2. The molecule has 1 fully saturated rings. The van der Waals surface area contributed by atoms with E-state index in [1.165, 1.54) is 5.56 Å². The lowest BCUT2D eigenvalue weighted by atomic mass is 9.94. The molecule has 2 aromatic carbocycles. The third-order valence-electron chi connectivity index (χ3n) is 5.16. The Hall–Kier alpha value is -1.89. The molecule has 4 N–H and O–H groups in total. The Bertz CT molecular complexity index is 835. The van der Waals surface area contributed by atoms with Gasteiger partial charge in [0.2, 0.25) is 0 Å². The fraction of sp³-hybridized carbons (Fsp3) is 0.429. The second kappa shape index (κ2) is 9.28. The second-order valence-corrected chi connectivity index (χ2v) is 8.88. The number of aryl methyl sites for hydroxylation is 1. The van der Waals surface area contributed by atoms with Crippen LogP contribution in [0.15, 0.2) is 48.5 Å². The monoisotopic (exact) mass is 421 g/mol. The van der Waals surface area contributed by atoms with E-state index in [0.717, 1.165) is 23.5 Å². The summed E-state index contributed by atoms with van der Waals surface area (Å²) < 4.78 is 26.9. The maximum absolute atomic E-state index is 10.9. The van der Waals surface area contributed by atoms with Crippen LogP contribution in [0.25, 0.3) is 0 Å². The van der Waals surface area contributed by atoms with Gasteiger partial charge in [0.25, 0.3) is 0 Å². The van der Waals surface area contributed by atoms with Crippen molar-refractivity contribution in [1.82, 2.24) is 0 Å². The molecule has 0 saturated heterocycles. The molecule has 0 amide bonds. The van der Waals surface area contributed by atoms with Crippen molar-refractivity contribution in [3.63, 3.8) is 0 Å². The predicted octanol–water partition coefficient (Wildman–Crippen LogP) is 3.53. The van der Waals surface area contributed by atoms with Crippen molar-refractivity contribution in [1.29, 1.82) is 0 Å². The number of rotatable bonds is 9. The number of hydrogen-bond acceptors (Lipinski definition) is 5. The van der Waals surface area contributed by atoms with Gasteiger partial charge >= 0.3 is 7.82 Å². The quantitative estimate of drug-likeness (QED) is 0.420. The molecule has 1 aliphatic rings. The number of phosphoric ester groups is 1. The molecule has 8 heteroatoms. The Morgan fingerprint density at radius 1 is 1.03 bits per heavy atom. The van der Waals surface area contributed by atoms with Gasteiger partial charge in [-0.15, -0.1) is 0 Å². The summed E-state index contributed by atoms with van der Waals surface area (Å²) in [5, 5.41) is 0. The largest absolute Gasteiger partial charge is 0.490 e. The highest BCUT2D eigenvalue weighted by Gasteiger charge is 2.38. The maximum atomic E-state index is 10.9. The zero-order valence-electron chi connectivity index (χ0n) is 16.5. The highest BCUT2D eigenvalue weighted by molar-refractivity contribution is 7.46. The van der Waals surface area contributed by atoms with E-state index in [9.17, 15) is 4.57 Å². The minimum atomic E-state index is -4.50. The van der Waals surface area contributed by atoms with E-state index >= 15 is 0 Å². The highest BCUT2D eigenvalue weighted by Crippen LogP contribution is 2.43. The molecule has 0 spiro atoms. The molecular weight excluding hydrogens is 393 g/mol. The van der Waals surface area contributed by atoms with Gasteiger partial charge in [0.1, 0.15) is 24.7 Å². The molecule has 0 bridgehead atoms. The van der Waals surface area contributed by atoms with Crippen LogP contribution in [0, 0.1) is 6.92 Å². The van der Waals surface area contributed by atoms with E-state index in [4.69, 9.17) is 25.0 Å². The molecule has 7 nitrogen and oxygen atoms in total. The van der Waals surface area contributed by atoms with Crippen LogP contribution in [0.3, 0.4) is 0 Å². The first-order chi connectivity index (χ1) is 13.7. The van der Waals surface area contributed by atoms with Gasteiger partial charge in [-0.3, -0.25) is 4.52 Å². The van der Waals surface area contributed by atoms with Gasteiger partial charge in [-0.1, -0.05) is 29.8 Å². The van der Waals surface area contributed by atoms with Crippen LogP contribution in [0.1, 0.15) is 36.3 Å². The zero-order chi connectivity index (χ0) is 20.9. The molecule has 0 radical (unpaired) electrons. The molecule has 3 rings (SSSR count). The summed E-state index contributed by atoms with van der Waals surface area (Å²) in [5.74, 6) is 1.83. The van der Waals surface area contributed by atoms with E-state index in [-0.39, 0.29) is 12.5 Å². The predicted molar refractivity (Wildman–Crippen MR) is 110 cm³/mol. The van der Waals surface area contributed by atoms with Gasteiger partial charge in [-0.2, -0.15) is 0 Å². The van der Waals surface area contributed by atoms with Gasteiger partial charge < -0.3 is 25.0 Å². The molecule has 0 aliphatic heterocycles. The van der Waals surface area contributed by atoms with Crippen molar-refractivity contribution in [3.8, 4) is 11.5 Å². The number of phosphoric acid groups is 1. The van der Waals surface area contributed by atoms with Crippen LogP contribution in [0.2, 0.25) is 0 Å². The van der Waals surface area contributed by atoms with Crippen molar-refractivity contribution in [2.75, 3.05) is 19.8 Å². The highest BCUT2D eigenvalue weighted by atomic mass is 31.2. The molecule has 0 unspecified atom stereocenters. The van der Waals surface area contributed by atoms with Gasteiger partial charge in [0.15, 0.2) is 0 Å². The van der Waals surface area contributed by atoms with Crippen molar-refractivity contribution in [3.05, 3.63) is 59.7 Å². The number of hydrogen-bond donors (Lipinski definition) is 3. The van der Waals surface area contributed by atoms with Crippen molar-refractivity contribution in [2.24, 2.45) is 5.73 Å². The summed E-state index contributed by atoms with van der Waals surface area (Å²) >= 11 is 0. The third-order valence-corrected chi connectivity index (χ3v) is 5.62. The Labute approximate surface area is 171 Å². The fourth-order valence-corrected chi connectivity index (χ4v) is 4.00. The lowest BCUT2D eigenvalue weighted by molar-refractivity contribution is 0.153. The minimum absolute atomic E-state index is 0.143. The lowest BCUT2D eigenvalue weighted by Gasteiger charge is -2.24. The second-order valence-electron chi connectivity index (χ2n) is 7.65. The summed E-state index contributed by atoms with van der Waals surface area (Å²) in [6, 6.07) is 15.8. The molecule has 29 heavy (non-hydrogen) atoms. The molecule has 2 atom stereocenters. The van der Waals surface area contributed by atoms with Crippen molar-refractivity contribution in [2.45, 2.75) is 37.6 Å². The van der Waals surface area contributed by atoms with E-state index in [1.54, 1.807) is 0 Å². The molecule has 0 aromatic heterocycles. The Morgan fingerprint density at radius 3 is 2.14 bits per heavy atom. The van der Waals surface area contributed by atoms with Crippen LogP contribution in [0.4, 0.5) is 0 Å². The van der Waals surface area contributed by atoms with Crippen LogP contribution in [-0.2, 0) is 9.09 Å². The summed E-state index contributed by atoms with van der Waals surface area (Å²) in [6.45, 7) is 2.80. The van der Waals surface area contributed by atoms with E-state index in [0.29, 0.717) is 26.1 Å². The first-order valence-electron chi connectivity index (χ1n) is 9.64. The standard InChI is InChI=1S/C21H28NO6P/c1-16-2-6-19(7-3-16)26-12-13-27-20-8-4-17(5-9-20)18-10-11-21(22,14-18)15-28-29(23,24)25/h2-9,18H,10-15,22H2,1H3,(H2,23,24,25)/t18-,21+/m1/s1. The number of ether oxygens (including phenoxy) is 2. The van der Waals surface area contributed by atoms with Gasteiger partial charge in [0, 0.05) is 5.54 Å². The minimum Gasteiger partial charge on any atom is -0.490 e. The number of benzene rings is 2. The van der Waals surface area contributed by atoms with E-state index < -0.39 is 13.4 Å². The van der Waals surface area contributed by atoms with Gasteiger partial charge in [-0.05, 0) is 61.9 Å². The van der Waals surface area contributed by atoms with Crippen LogP contribution >= 0.6 is 7.82 Å². The summed E-state index contributed by atoms with van der Waals surface area (Å²) in [4.78, 5) is 17.8. The maximum Gasteiger partial charge on any atom is 0.469 e. The zero-order valence-corrected chi connectivity index (χ0v) is 17.4. The summed E-state index contributed by atoms with van der Waals surface area (Å²) in [6.07, 6.45) is 2.13. The summed E-state index contributed by atoms with van der Waals surface area (Å²) in [7, 11) is -4.50. The molecule has 2 aromatic rings. The van der Waals surface area contributed by atoms with Gasteiger partial charge in [-0.25, -0.2) is 4.57 Å². The van der Waals surface area contributed by atoms with Crippen molar-refractivity contribution < 1.29 is 28.3 Å². The molecule has 0 heterocycles. The van der Waals surface area contributed by atoms with Crippen molar-refractivity contribution >= 4 is 7.82 Å². The average molecular weight is 421 g/mol. The Morgan fingerprint density at radius 2 is 1.59 bits per heavy atom. The molecule has 1 aliphatic carbocycles. The Kier molecular flexibility index (Phi) is 6.98. The summed E-state index contributed by atoms with van der Waals surface area (Å²) in [5.41, 5.74) is 7.87. The lowest BCUT2D eigenvalue weighted by Crippen LogP contribution is -2.41.